The number of nitrogens with one attached hydrogen (secondary N) is 1. The molecule has 0 bridgehead atoms. The van der Waals surface area contributed by atoms with E-state index in [0.717, 1.165) is 15.9 Å². The molecule has 0 saturated carbocycles. The molecule has 3 rings (SSSR count). The summed E-state index contributed by atoms with van der Waals surface area (Å²) in [5, 5.41) is 15.8. The van der Waals surface area contributed by atoms with Gasteiger partial charge in [0.05, 0.1) is 16.8 Å². The zero-order valence-electron chi connectivity index (χ0n) is 14.2. The third-order valence-electron chi connectivity index (χ3n) is 3.32. The maximum atomic E-state index is 11.2. The number of hydrogen-bond acceptors (Lipinski definition) is 6. The van der Waals surface area contributed by atoms with Crippen molar-refractivity contribution in [2.45, 2.75) is 12.1 Å². The van der Waals surface area contributed by atoms with Gasteiger partial charge in [-0.1, -0.05) is 29.4 Å². The highest BCUT2D eigenvalue weighted by atomic mass is 79.9. The van der Waals surface area contributed by atoms with Crippen LogP contribution in [0.1, 0.15) is 6.92 Å². The molecule has 1 aromatic heterocycles. The predicted molar refractivity (Wildman–Crippen MR) is 109 cm³/mol. The van der Waals surface area contributed by atoms with Crippen LogP contribution in [0.25, 0.3) is 5.69 Å². The van der Waals surface area contributed by atoms with Crippen molar-refractivity contribution in [2.24, 2.45) is 0 Å². The summed E-state index contributed by atoms with van der Waals surface area (Å²) in [6, 6.07) is 12.7. The van der Waals surface area contributed by atoms with Gasteiger partial charge in [0.2, 0.25) is 11.1 Å². The fourth-order valence-corrected chi connectivity index (χ4v) is 3.73. The summed E-state index contributed by atoms with van der Waals surface area (Å²) in [6.07, 6.45) is 0. The van der Waals surface area contributed by atoms with Crippen LogP contribution in [0.3, 0.4) is 0 Å². The van der Waals surface area contributed by atoms with E-state index in [1.165, 1.54) is 18.7 Å². The molecule has 0 saturated heterocycles. The molecule has 0 aliphatic rings. The van der Waals surface area contributed by atoms with Crippen LogP contribution in [-0.2, 0) is 4.79 Å². The second kappa shape index (κ2) is 9.20. The van der Waals surface area contributed by atoms with Crippen molar-refractivity contribution in [2.75, 3.05) is 17.7 Å². The number of thioether (sulfide) groups is 1. The number of halogens is 2. The van der Waals surface area contributed by atoms with Crippen LogP contribution in [0.15, 0.2) is 52.1 Å². The highest BCUT2D eigenvalue weighted by Gasteiger charge is 2.10. The normalized spacial score (nSPS) is 10.6. The summed E-state index contributed by atoms with van der Waals surface area (Å²) < 4.78 is 8.17. The molecule has 0 fully saturated rings. The van der Waals surface area contributed by atoms with E-state index < -0.39 is 0 Å². The number of tetrazole rings is 1. The van der Waals surface area contributed by atoms with Crippen LogP contribution in [-0.4, -0.2) is 38.5 Å². The zero-order chi connectivity index (χ0) is 19.2. The van der Waals surface area contributed by atoms with Crippen LogP contribution in [0.2, 0.25) is 5.02 Å². The number of carbonyl (C=O) groups excluding carboxylic acids is 1. The maximum absolute atomic E-state index is 11.2. The summed E-state index contributed by atoms with van der Waals surface area (Å²) in [4.78, 5) is 11.2. The molecule has 2 aromatic carbocycles. The summed E-state index contributed by atoms with van der Waals surface area (Å²) in [7, 11) is 0. The van der Waals surface area contributed by atoms with Gasteiger partial charge in [-0.3, -0.25) is 4.79 Å². The minimum atomic E-state index is -0.135. The first kappa shape index (κ1) is 19.7. The Morgan fingerprint density at radius 2 is 2.19 bits per heavy atom. The molecular formula is C17H15BrClN5O2S. The first-order valence-electron chi connectivity index (χ1n) is 7.90. The van der Waals surface area contributed by atoms with E-state index in [9.17, 15) is 4.79 Å². The molecule has 10 heteroatoms. The molecule has 1 N–H and O–H groups in total. The lowest BCUT2D eigenvalue weighted by Crippen LogP contribution is -2.07. The molecule has 27 heavy (non-hydrogen) atoms. The van der Waals surface area contributed by atoms with E-state index >= 15 is 0 Å². The van der Waals surface area contributed by atoms with Gasteiger partial charge in [0, 0.05) is 23.4 Å². The second-order valence-electron chi connectivity index (χ2n) is 5.38. The minimum absolute atomic E-state index is 0.135. The van der Waals surface area contributed by atoms with E-state index in [-0.39, 0.29) is 5.91 Å². The smallest absolute Gasteiger partial charge is 0.221 e. The number of ether oxygens (including phenoxy) is 1. The lowest BCUT2D eigenvalue weighted by atomic mass is 10.3. The van der Waals surface area contributed by atoms with E-state index in [4.69, 9.17) is 16.3 Å². The second-order valence-corrected chi connectivity index (χ2v) is 7.73. The average Bonchev–Trinajstić information content (AvgIpc) is 3.08. The van der Waals surface area contributed by atoms with Crippen LogP contribution < -0.4 is 10.1 Å². The Morgan fingerprint density at radius 1 is 1.33 bits per heavy atom. The van der Waals surface area contributed by atoms with Crippen LogP contribution in [0.5, 0.6) is 5.75 Å². The molecule has 0 aliphatic heterocycles. The number of aromatic nitrogens is 4. The van der Waals surface area contributed by atoms with Gasteiger partial charge in [0.1, 0.15) is 5.75 Å². The number of nitrogens with zero attached hydrogens (tertiary/aromatic N) is 4. The van der Waals surface area contributed by atoms with Crippen LogP contribution >= 0.6 is 39.3 Å². The van der Waals surface area contributed by atoms with Gasteiger partial charge in [-0.2, -0.15) is 4.68 Å². The van der Waals surface area contributed by atoms with Gasteiger partial charge < -0.3 is 10.1 Å². The van der Waals surface area contributed by atoms with Crippen molar-refractivity contribution in [3.05, 3.63) is 52.0 Å². The van der Waals surface area contributed by atoms with Gasteiger partial charge >= 0.3 is 0 Å². The lowest BCUT2D eigenvalue weighted by molar-refractivity contribution is -0.114. The van der Waals surface area contributed by atoms with Gasteiger partial charge in [-0.15, -0.1) is 5.10 Å². The third kappa shape index (κ3) is 5.44. The molecule has 3 aromatic rings. The first-order chi connectivity index (χ1) is 13.0. The summed E-state index contributed by atoms with van der Waals surface area (Å²) >= 11 is 10.8. The molecule has 0 aliphatic carbocycles. The number of rotatable bonds is 7. The lowest BCUT2D eigenvalue weighted by Gasteiger charge is -2.09. The van der Waals surface area contributed by atoms with Crippen molar-refractivity contribution in [1.82, 2.24) is 20.2 Å². The fourth-order valence-electron chi connectivity index (χ4n) is 2.23. The van der Waals surface area contributed by atoms with E-state index in [1.54, 1.807) is 22.9 Å². The number of hydrogen-bond donors (Lipinski definition) is 1. The Bertz CT molecular complexity index is 953. The number of carbonyl (C=O) groups is 1. The highest BCUT2D eigenvalue weighted by molar-refractivity contribution is 9.10. The van der Waals surface area contributed by atoms with Gasteiger partial charge in [0.15, 0.2) is 0 Å². The molecule has 0 unspecified atom stereocenters. The Balaban J connectivity index is 1.61. The van der Waals surface area contributed by atoms with Crippen LogP contribution in [0, 0.1) is 0 Å². The van der Waals surface area contributed by atoms with Crippen molar-refractivity contribution < 1.29 is 9.53 Å². The van der Waals surface area contributed by atoms with Crippen molar-refractivity contribution >= 4 is 50.9 Å². The monoisotopic (exact) mass is 467 g/mol. The van der Waals surface area contributed by atoms with E-state index in [0.29, 0.717) is 28.2 Å². The number of amides is 1. The van der Waals surface area contributed by atoms with E-state index in [1.807, 2.05) is 24.3 Å². The van der Waals surface area contributed by atoms with Gasteiger partial charge in [-0.05, 0) is 62.8 Å². The van der Waals surface area contributed by atoms with E-state index in [2.05, 4.69) is 36.8 Å². The standard InChI is InChI=1S/C17H15BrClN5O2S/c1-11(25)20-13-3-2-4-14(10-13)24-17(21-22-23-24)27-8-7-26-16-6-5-12(19)9-15(16)18/h2-6,9-10H,7-8H2,1H3,(H,20,25). The molecule has 7 nitrogen and oxygen atoms in total. The van der Waals surface area contributed by atoms with Gasteiger partial charge in [-0.25, -0.2) is 0 Å². The Hall–Kier alpha value is -2.10. The predicted octanol–water partition coefficient (Wildman–Crippen LogP) is 4.21. The molecule has 0 spiro atoms. The van der Waals surface area contributed by atoms with Crippen LogP contribution in [0.4, 0.5) is 5.69 Å². The van der Waals surface area contributed by atoms with Gasteiger partial charge in [0.25, 0.3) is 0 Å². The number of benzene rings is 2. The summed E-state index contributed by atoms with van der Waals surface area (Å²) in [5.41, 5.74) is 1.44. The minimum Gasteiger partial charge on any atom is -0.492 e. The number of anilines is 1. The molecular weight excluding hydrogens is 454 g/mol. The average molecular weight is 469 g/mol. The highest BCUT2D eigenvalue weighted by Crippen LogP contribution is 2.28. The topological polar surface area (TPSA) is 81.9 Å². The Kier molecular flexibility index (Phi) is 6.70. The Labute approximate surface area is 173 Å². The maximum Gasteiger partial charge on any atom is 0.221 e. The first-order valence-corrected chi connectivity index (χ1v) is 10.1. The molecule has 0 radical (unpaired) electrons. The summed E-state index contributed by atoms with van der Waals surface area (Å²) in [6.45, 7) is 1.94. The molecule has 0 atom stereocenters. The van der Waals surface area contributed by atoms with Crippen molar-refractivity contribution in [3.8, 4) is 11.4 Å². The third-order valence-corrected chi connectivity index (χ3v) is 5.06. The molecule has 1 amide bonds. The quantitative estimate of drug-likeness (QED) is 0.413. The Morgan fingerprint density at radius 3 is 2.96 bits per heavy atom. The SMILES string of the molecule is CC(=O)Nc1cccc(-n2nnnc2SCCOc2ccc(Cl)cc2Br)c1. The zero-order valence-corrected chi connectivity index (χ0v) is 17.4. The fraction of sp³-hybridized carbons (Fsp3) is 0.176. The van der Waals surface area contributed by atoms with Crippen molar-refractivity contribution in [3.63, 3.8) is 0 Å². The summed E-state index contributed by atoms with van der Waals surface area (Å²) in [5.74, 6) is 1.24. The largest absolute Gasteiger partial charge is 0.492 e. The molecule has 140 valence electrons. The van der Waals surface area contributed by atoms with Crippen molar-refractivity contribution in [1.29, 1.82) is 0 Å². The molecule has 1 heterocycles.